The zero-order valence-electron chi connectivity index (χ0n) is 16.9. The number of aromatic hydroxyl groups is 1. The number of hydrogen-bond acceptors (Lipinski definition) is 6. The first kappa shape index (κ1) is 21.1. The number of rotatable bonds is 8. The number of benzene rings is 2. The minimum Gasteiger partial charge on any atom is -0.508 e. The van der Waals surface area contributed by atoms with Crippen LogP contribution < -0.4 is 5.32 Å². The molecule has 0 atom stereocenters. The second kappa shape index (κ2) is 9.71. The minimum atomic E-state index is -0.553. The van der Waals surface area contributed by atoms with Crippen LogP contribution >= 0.6 is 0 Å². The van der Waals surface area contributed by atoms with Crippen LogP contribution in [0, 0.1) is 0 Å². The summed E-state index contributed by atoms with van der Waals surface area (Å²) >= 11 is 0. The molecule has 3 aromatic rings. The van der Waals surface area contributed by atoms with Gasteiger partial charge in [0.05, 0.1) is 25.0 Å². The fraction of sp³-hybridized carbons (Fsp3) is 0.227. The van der Waals surface area contributed by atoms with Crippen molar-refractivity contribution in [2.24, 2.45) is 0 Å². The second-order valence-electron chi connectivity index (χ2n) is 6.77. The molecular formula is C22H24N4O4. The van der Waals surface area contributed by atoms with E-state index in [1.165, 1.54) is 10.9 Å². The first-order valence-corrected chi connectivity index (χ1v) is 9.54. The maximum atomic E-state index is 12.7. The molecule has 8 heteroatoms. The number of phenols is 1. The van der Waals surface area contributed by atoms with Crippen molar-refractivity contribution in [3.63, 3.8) is 0 Å². The molecule has 0 spiro atoms. The summed E-state index contributed by atoms with van der Waals surface area (Å²) in [5.41, 5.74) is 1.77. The summed E-state index contributed by atoms with van der Waals surface area (Å²) in [6, 6.07) is 16.1. The molecule has 0 aliphatic carbocycles. The number of esters is 1. The molecule has 0 aliphatic rings. The van der Waals surface area contributed by atoms with Crippen molar-refractivity contribution in [2.75, 3.05) is 25.5 Å². The van der Waals surface area contributed by atoms with Crippen molar-refractivity contribution in [1.82, 2.24) is 14.7 Å². The van der Waals surface area contributed by atoms with Gasteiger partial charge >= 0.3 is 5.97 Å². The SMILES string of the molecule is CCOC(=O)c1cnn(-c2ccccc2)c1NC(=O)CN(C)Cc1cccc(O)c1. The van der Waals surface area contributed by atoms with Gasteiger partial charge in [-0.3, -0.25) is 9.69 Å². The third-order valence-electron chi connectivity index (χ3n) is 4.30. The van der Waals surface area contributed by atoms with Gasteiger partial charge in [-0.2, -0.15) is 5.10 Å². The number of nitrogens with zero attached hydrogens (tertiary/aromatic N) is 3. The highest BCUT2D eigenvalue weighted by Gasteiger charge is 2.22. The predicted molar refractivity (Wildman–Crippen MR) is 113 cm³/mol. The molecule has 1 heterocycles. The number of ether oxygens (including phenoxy) is 1. The molecule has 8 nitrogen and oxygen atoms in total. The molecule has 0 saturated heterocycles. The van der Waals surface area contributed by atoms with Crippen molar-refractivity contribution in [1.29, 1.82) is 0 Å². The highest BCUT2D eigenvalue weighted by molar-refractivity contribution is 6.01. The van der Waals surface area contributed by atoms with E-state index >= 15 is 0 Å². The van der Waals surface area contributed by atoms with Gasteiger partial charge in [0.1, 0.15) is 11.3 Å². The Morgan fingerprint density at radius 3 is 2.63 bits per heavy atom. The van der Waals surface area contributed by atoms with Gasteiger partial charge in [0, 0.05) is 6.54 Å². The molecule has 0 unspecified atom stereocenters. The Bertz CT molecular complexity index is 1020. The van der Waals surface area contributed by atoms with E-state index in [2.05, 4.69) is 10.4 Å². The molecule has 0 bridgehead atoms. The standard InChI is InChI=1S/C22H24N4O4/c1-3-30-22(29)19-13-23-26(17-9-5-4-6-10-17)21(19)24-20(28)15-25(2)14-16-8-7-11-18(27)12-16/h4-13,27H,3,14-15H2,1-2H3,(H,24,28). The maximum Gasteiger partial charge on any atom is 0.343 e. The van der Waals surface area contributed by atoms with Gasteiger partial charge in [-0.25, -0.2) is 9.48 Å². The van der Waals surface area contributed by atoms with Crippen LogP contribution in [0.1, 0.15) is 22.8 Å². The van der Waals surface area contributed by atoms with E-state index in [4.69, 9.17) is 4.74 Å². The van der Waals surface area contributed by atoms with Crippen molar-refractivity contribution >= 4 is 17.7 Å². The van der Waals surface area contributed by atoms with Crippen molar-refractivity contribution in [2.45, 2.75) is 13.5 Å². The molecule has 3 rings (SSSR count). The van der Waals surface area contributed by atoms with E-state index < -0.39 is 5.97 Å². The molecule has 2 N–H and O–H groups in total. The first-order chi connectivity index (χ1) is 14.5. The van der Waals surface area contributed by atoms with Crippen LogP contribution in [-0.2, 0) is 16.1 Å². The highest BCUT2D eigenvalue weighted by atomic mass is 16.5. The number of amides is 1. The third kappa shape index (κ3) is 5.24. The lowest BCUT2D eigenvalue weighted by atomic mass is 10.2. The van der Waals surface area contributed by atoms with Crippen LogP contribution in [0.2, 0.25) is 0 Å². The number of carbonyl (C=O) groups is 2. The Labute approximate surface area is 174 Å². The van der Waals surface area contributed by atoms with Gasteiger partial charge in [-0.15, -0.1) is 0 Å². The maximum absolute atomic E-state index is 12.7. The lowest BCUT2D eigenvalue weighted by Crippen LogP contribution is -2.31. The number of phenolic OH excluding ortho intramolecular Hbond substituents is 1. The molecule has 0 fully saturated rings. The number of aromatic nitrogens is 2. The smallest absolute Gasteiger partial charge is 0.343 e. The van der Waals surface area contributed by atoms with Gasteiger partial charge in [-0.05, 0) is 43.8 Å². The van der Waals surface area contributed by atoms with E-state index in [1.807, 2.05) is 36.4 Å². The molecule has 0 radical (unpaired) electrons. The number of likely N-dealkylation sites (N-methyl/N-ethyl adjacent to an activating group) is 1. The monoisotopic (exact) mass is 408 g/mol. The number of carbonyl (C=O) groups excluding carboxylic acids is 2. The zero-order valence-corrected chi connectivity index (χ0v) is 16.9. The Hall–Kier alpha value is -3.65. The fourth-order valence-electron chi connectivity index (χ4n) is 3.03. The normalized spacial score (nSPS) is 10.8. The largest absolute Gasteiger partial charge is 0.508 e. The number of para-hydroxylation sites is 1. The number of nitrogens with one attached hydrogen (secondary N) is 1. The Kier molecular flexibility index (Phi) is 6.82. The van der Waals surface area contributed by atoms with E-state index in [-0.39, 0.29) is 36.2 Å². The summed E-state index contributed by atoms with van der Waals surface area (Å²) in [4.78, 5) is 26.8. The van der Waals surface area contributed by atoms with Crippen molar-refractivity contribution < 1.29 is 19.4 Å². The van der Waals surface area contributed by atoms with Crippen molar-refractivity contribution in [3.05, 3.63) is 71.9 Å². The zero-order chi connectivity index (χ0) is 21.5. The third-order valence-corrected chi connectivity index (χ3v) is 4.30. The number of anilines is 1. The number of hydrogen-bond donors (Lipinski definition) is 2. The molecule has 2 aromatic carbocycles. The van der Waals surface area contributed by atoms with Gasteiger partial charge in [0.2, 0.25) is 5.91 Å². The predicted octanol–water partition coefficient (Wildman–Crippen LogP) is 2.83. The van der Waals surface area contributed by atoms with Crippen LogP contribution in [0.5, 0.6) is 5.75 Å². The Morgan fingerprint density at radius 1 is 1.17 bits per heavy atom. The molecule has 1 aromatic heterocycles. The summed E-state index contributed by atoms with van der Waals surface area (Å²) in [5, 5.41) is 16.6. The summed E-state index contributed by atoms with van der Waals surface area (Å²) in [5.74, 6) is -0.421. The second-order valence-corrected chi connectivity index (χ2v) is 6.77. The van der Waals surface area contributed by atoms with E-state index in [0.717, 1.165) is 5.56 Å². The molecule has 30 heavy (non-hydrogen) atoms. The van der Waals surface area contributed by atoms with Gasteiger partial charge < -0.3 is 15.2 Å². The molecule has 156 valence electrons. The lowest BCUT2D eigenvalue weighted by Gasteiger charge is -2.17. The Balaban J connectivity index is 1.77. The van der Waals surface area contributed by atoms with Crippen LogP contribution in [0.4, 0.5) is 5.82 Å². The summed E-state index contributed by atoms with van der Waals surface area (Å²) in [7, 11) is 1.80. The van der Waals surface area contributed by atoms with Gasteiger partial charge in [0.15, 0.2) is 5.82 Å². The molecule has 0 aliphatic heterocycles. The van der Waals surface area contributed by atoms with E-state index in [1.54, 1.807) is 37.1 Å². The lowest BCUT2D eigenvalue weighted by molar-refractivity contribution is -0.117. The van der Waals surface area contributed by atoms with Crippen LogP contribution in [0.3, 0.4) is 0 Å². The van der Waals surface area contributed by atoms with E-state index in [9.17, 15) is 14.7 Å². The fourth-order valence-corrected chi connectivity index (χ4v) is 3.03. The summed E-state index contributed by atoms with van der Waals surface area (Å²) < 4.78 is 6.59. The topological polar surface area (TPSA) is 96.7 Å². The quantitative estimate of drug-likeness (QED) is 0.557. The summed E-state index contributed by atoms with van der Waals surface area (Å²) in [6.07, 6.45) is 1.39. The van der Waals surface area contributed by atoms with Crippen molar-refractivity contribution in [3.8, 4) is 11.4 Å². The first-order valence-electron chi connectivity index (χ1n) is 9.54. The Morgan fingerprint density at radius 2 is 1.93 bits per heavy atom. The molecule has 0 saturated carbocycles. The van der Waals surface area contributed by atoms with Crippen LogP contribution in [0.15, 0.2) is 60.8 Å². The van der Waals surface area contributed by atoms with Gasteiger partial charge in [-0.1, -0.05) is 30.3 Å². The minimum absolute atomic E-state index is 0.0812. The summed E-state index contributed by atoms with van der Waals surface area (Å²) in [6.45, 7) is 2.49. The van der Waals surface area contributed by atoms with E-state index in [0.29, 0.717) is 12.2 Å². The average molecular weight is 408 g/mol. The average Bonchev–Trinajstić information content (AvgIpc) is 3.12. The van der Waals surface area contributed by atoms with Gasteiger partial charge in [0.25, 0.3) is 0 Å². The molecule has 1 amide bonds. The highest BCUT2D eigenvalue weighted by Crippen LogP contribution is 2.21. The van der Waals surface area contributed by atoms with Crippen LogP contribution in [0.25, 0.3) is 5.69 Å². The van der Waals surface area contributed by atoms with Crippen LogP contribution in [-0.4, -0.2) is 51.9 Å². The molecular weight excluding hydrogens is 384 g/mol.